The molecule has 0 fully saturated rings. The zero-order valence-electron chi connectivity index (χ0n) is 7.71. The molecule has 1 heteroatoms. The molecule has 0 bridgehead atoms. The number of hydrogen-bond donors (Lipinski definition) is 0. The fraction of sp³-hybridized carbons (Fsp3) is 0.800. The van der Waals surface area contributed by atoms with Crippen molar-refractivity contribution in [2.45, 2.75) is 38.1 Å². The van der Waals surface area contributed by atoms with Crippen molar-refractivity contribution in [3.05, 3.63) is 12.2 Å². The first-order valence-corrected chi connectivity index (χ1v) is 4.62. The van der Waals surface area contributed by atoms with Gasteiger partial charge in [0, 0.05) is 6.04 Å². The maximum absolute atomic E-state index is 2.36. The van der Waals surface area contributed by atoms with Gasteiger partial charge < -0.3 is 4.90 Å². The normalized spacial score (nSPS) is 29.5. The van der Waals surface area contributed by atoms with Gasteiger partial charge in [0.1, 0.15) is 0 Å². The van der Waals surface area contributed by atoms with Crippen molar-refractivity contribution in [1.82, 2.24) is 4.90 Å². The van der Waals surface area contributed by atoms with Crippen LogP contribution >= 0.6 is 0 Å². The summed E-state index contributed by atoms with van der Waals surface area (Å²) in [7, 11) is 4.38. The molecule has 0 heterocycles. The average molecular weight is 153 g/mol. The number of nitrogens with zero attached hydrogens (tertiary/aromatic N) is 1. The summed E-state index contributed by atoms with van der Waals surface area (Å²) in [6, 6.07) is 0.819. The molecule has 0 spiro atoms. The van der Waals surface area contributed by atoms with Crippen LogP contribution in [0.15, 0.2) is 12.2 Å². The van der Waals surface area contributed by atoms with Crippen molar-refractivity contribution >= 4 is 0 Å². The van der Waals surface area contributed by atoms with Crippen molar-refractivity contribution < 1.29 is 0 Å². The summed E-state index contributed by atoms with van der Waals surface area (Å²) in [5, 5.41) is 0. The number of rotatable bonds is 1. The molecule has 1 aliphatic rings. The lowest BCUT2D eigenvalue weighted by atomic mass is 10.0. The molecule has 0 aromatic carbocycles. The van der Waals surface area contributed by atoms with E-state index in [1.807, 2.05) is 0 Å². The van der Waals surface area contributed by atoms with E-state index in [0.717, 1.165) is 6.04 Å². The Morgan fingerprint density at radius 3 is 2.55 bits per heavy atom. The molecule has 0 N–H and O–H groups in total. The maximum Gasteiger partial charge on any atom is 0.00922 e. The third kappa shape index (κ3) is 3.06. The quantitative estimate of drug-likeness (QED) is 0.523. The highest BCUT2D eigenvalue weighted by Crippen LogP contribution is 2.15. The predicted molar refractivity (Wildman–Crippen MR) is 49.7 cm³/mol. The van der Waals surface area contributed by atoms with Crippen LogP contribution in [-0.4, -0.2) is 25.0 Å². The second-order valence-corrected chi connectivity index (χ2v) is 3.60. The summed E-state index contributed by atoms with van der Waals surface area (Å²) in [4.78, 5) is 2.36. The highest BCUT2D eigenvalue weighted by Gasteiger charge is 2.10. The summed E-state index contributed by atoms with van der Waals surface area (Å²) in [5.41, 5.74) is 0. The molecule has 1 unspecified atom stereocenters. The Morgan fingerprint density at radius 2 is 1.82 bits per heavy atom. The fourth-order valence-electron chi connectivity index (χ4n) is 1.66. The van der Waals surface area contributed by atoms with Crippen LogP contribution < -0.4 is 0 Å². The minimum Gasteiger partial charge on any atom is -0.306 e. The molecule has 0 aliphatic heterocycles. The Kier molecular flexibility index (Phi) is 3.64. The predicted octanol–water partition coefficient (Wildman–Crippen LogP) is 2.44. The molecule has 64 valence electrons. The Balaban J connectivity index is 2.35. The lowest BCUT2D eigenvalue weighted by Gasteiger charge is -2.24. The Labute approximate surface area is 70.1 Å². The first-order valence-electron chi connectivity index (χ1n) is 4.62. The van der Waals surface area contributed by atoms with Crippen LogP contribution in [0, 0.1) is 0 Å². The first kappa shape index (κ1) is 8.79. The zero-order chi connectivity index (χ0) is 8.10. The van der Waals surface area contributed by atoms with Crippen molar-refractivity contribution in [3.63, 3.8) is 0 Å². The molecule has 0 amide bonds. The molecule has 11 heavy (non-hydrogen) atoms. The smallest absolute Gasteiger partial charge is 0.00922 e. The molecular weight excluding hydrogens is 134 g/mol. The number of allylic oxidation sites excluding steroid dienone is 2. The van der Waals surface area contributed by atoms with E-state index < -0.39 is 0 Å². The summed E-state index contributed by atoms with van der Waals surface area (Å²) in [6.45, 7) is 0. The highest BCUT2D eigenvalue weighted by molar-refractivity contribution is 4.86. The second-order valence-electron chi connectivity index (χ2n) is 3.60. The molecule has 0 aromatic rings. The van der Waals surface area contributed by atoms with E-state index in [2.05, 4.69) is 31.1 Å². The molecule has 1 rings (SSSR count). The van der Waals surface area contributed by atoms with Crippen molar-refractivity contribution in [1.29, 1.82) is 0 Å². The van der Waals surface area contributed by atoms with Crippen molar-refractivity contribution in [2.24, 2.45) is 0 Å². The average Bonchev–Trinajstić information content (AvgIpc) is 1.84. The summed E-state index contributed by atoms with van der Waals surface area (Å²) in [6.07, 6.45) is 11.3. The molecule has 0 aromatic heterocycles. The molecule has 1 aliphatic carbocycles. The second kappa shape index (κ2) is 4.55. The highest BCUT2D eigenvalue weighted by atomic mass is 15.1. The third-order valence-electron chi connectivity index (χ3n) is 2.47. The van der Waals surface area contributed by atoms with Crippen LogP contribution in [0.3, 0.4) is 0 Å². The van der Waals surface area contributed by atoms with Gasteiger partial charge in [-0.15, -0.1) is 0 Å². The summed E-state index contributed by atoms with van der Waals surface area (Å²) >= 11 is 0. The number of hydrogen-bond acceptors (Lipinski definition) is 1. The van der Waals surface area contributed by atoms with Gasteiger partial charge in [-0.05, 0) is 46.2 Å². The topological polar surface area (TPSA) is 3.24 Å². The summed E-state index contributed by atoms with van der Waals surface area (Å²) in [5.74, 6) is 0. The molecule has 0 saturated heterocycles. The third-order valence-corrected chi connectivity index (χ3v) is 2.47. The van der Waals surface area contributed by atoms with E-state index in [-0.39, 0.29) is 0 Å². The van der Waals surface area contributed by atoms with E-state index in [1.165, 1.54) is 32.1 Å². The van der Waals surface area contributed by atoms with Crippen molar-refractivity contribution in [3.8, 4) is 0 Å². The lowest BCUT2D eigenvalue weighted by Crippen LogP contribution is -2.27. The Hall–Kier alpha value is -0.300. The minimum absolute atomic E-state index is 0.819. The summed E-state index contributed by atoms with van der Waals surface area (Å²) < 4.78 is 0. The zero-order valence-corrected chi connectivity index (χ0v) is 7.71. The molecule has 1 atom stereocenters. The van der Waals surface area contributed by atoms with Gasteiger partial charge in [0.25, 0.3) is 0 Å². The lowest BCUT2D eigenvalue weighted by molar-refractivity contribution is 0.259. The van der Waals surface area contributed by atoms with E-state index >= 15 is 0 Å². The Bertz CT molecular complexity index is 127. The molecule has 0 saturated carbocycles. The van der Waals surface area contributed by atoms with Crippen LogP contribution in [0.25, 0.3) is 0 Å². The molecular formula is C10H19N. The van der Waals surface area contributed by atoms with E-state index in [0.29, 0.717) is 0 Å². The fourth-order valence-corrected chi connectivity index (χ4v) is 1.66. The standard InChI is InChI=1S/C10H19N/c1-11(2)10-8-6-4-3-5-7-9-10/h3-4,10H,5-9H2,1-2H3/b4-3-. The monoisotopic (exact) mass is 153 g/mol. The van der Waals surface area contributed by atoms with Crippen LogP contribution in [-0.2, 0) is 0 Å². The van der Waals surface area contributed by atoms with Crippen LogP contribution in [0.2, 0.25) is 0 Å². The minimum atomic E-state index is 0.819. The van der Waals surface area contributed by atoms with Gasteiger partial charge in [0.15, 0.2) is 0 Å². The van der Waals surface area contributed by atoms with Gasteiger partial charge in [-0.3, -0.25) is 0 Å². The van der Waals surface area contributed by atoms with Gasteiger partial charge in [-0.25, -0.2) is 0 Å². The first-order chi connectivity index (χ1) is 5.30. The van der Waals surface area contributed by atoms with Gasteiger partial charge in [0.05, 0.1) is 0 Å². The van der Waals surface area contributed by atoms with E-state index in [4.69, 9.17) is 0 Å². The van der Waals surface area contributed by atoms with Gasteiger partial charge in [0.2, 0.25) is 0 Å². The van der Waals surface area contributed by atoms with Crippen LogP contribution in [0.1, 0.15) is 32.1 Å². The molecule has 0 radical (unpaired) electrons. The van der Waals surface area contributed by atoms with Gasteiger partial charge in [-0.1, -0.05) is 12.2 Å². The maximum atomic E-state index is 2.36. The van der Waals surface area contributed by atoms with Crippen molar-refractivity contribution in [2.75, 3.05) is 14.1 Å². The van der Waals surface area contributed by atoms with Gasteiger partial charge >= 0.3 is 0 Å². The van der Waals surface area contributed by atoms with E-state index in [1.54, 1.807) is 0 Å². The van der Waals surface area contributed by atoms with Crippen LogP contribution in [0.4, 0.5) is 0 Å². The Morgan fingerprint density at radius 1 is 1.09 bits per heavy atom. The largest absolute Gasteiger partial charge is 0.306 e. The SMILES string of the molecule is CN(C)C1CC/C=C\CCC1. The molecule has 1 nitrogen and oxygen atoms in total. The van der Waals surface area contributed by atoms with Gasteiger partial charge in [-0.2, -0.15) is 0 Å². The van der Waals surface area contributed by atoms with E-state index in [9.17, 15) is 0 Å². The van der Waals surface area contributed by atoms with Crippen LogP contribution in [0.5, 0.6) is 0 Å².